The molecule has 3 aromatic heterocycles. The van der Waals surface area contributed by atoms with E-state index in [1.807, 2.05) is 68.4 Å². The summed E-state index contributed by atoms with van der Waals surface area (Å²) in [5.74, 6) is 6.50. The monoisotopic (exact) mass is 918 g/mol. The van der Waals surface area contributed by atoms with Crippen molar-refractivity contribution in [1.29, 1.82) is 0 Å². The van der Waals surface area contributed by atoms with E-state index in [9.17, 15) is 0 Å². The molecule has 0 unspecified atom stereocenters. The first-order chi connectivity index (χ1) is 25.0. The molecule has 1 radical (unpaired) electrons. The Morgan fingerprint density at radius 1 is 0.673 bits per heavy atom. The molecule has 0 aliphatic rings. The summed E-state index contributed by atoms with van der Waals surface area (Å²) in [4.78, 5) is 9.16. The van der Waals surface area contributed by atoms with Crippen molar-refractivity contribution in [2.24, 2.45) is 0 Å². The molecule has 8 rings (SSSR count). The van der Waals surface area contributed by atoms with E-state index < -0.39 is 19.2 Å². The summed E-state index contributed by atoms with van der Waals surface area (Å²) in [6.45, 7) is 5.96. The molecule has 0 atom stereocenters. The average Bonchev–Trinajstić information content (AvgIpc) is 3.53. The molecule has 261 valence electrons. The van der Waals surface area contributed by atoms with Gasteiger partial charge in [0.05, 0.1) is 5.58 Å². The van der Waals surface area contributed by atoms with Gasteiger partial charge in [-0.2, -0.15) is 0 Å². The zero-order valence-electron chi connectivity index (χ0n) is 31.4. The van der Waals surface area contributed by atoms with Crippen LogP contribution in [0.15, 0.2) is 144 Å². The molecule has 3 nitrogen and oxygen atoms in total. The van der Waals surface area contributed by atoms with Gasteiger partial charge in [-0.25, -0.2) is 0 Å². The van der Waals surface area contributed by atoms with Gasteiger partial charge < -0.3 is 9.40 Å². The minimum Gasteiger partial charge on any atom is -0.501 e. The third-order valence-corrected chi connectivity index (χ3v) is 13.7. The largest absolute Gasteiger partial charge is 0.501 e. The van der Waals surface area contributed by atoms with Crippen LogP contribution < -0.4 is 4.40 Å². The van der Waals surface area contributed by atoms with E-state index in [0.29, 0.717) is 0 Å². The SMILES string of the molecule is Cc1cc(-c2[c-]cccc2)nc[c]1[Ge]([CH3])([CH3])[CH3].[2H]C(C)(C)c1ccnc(-c2[c-]ccc3c2oc2ccc(-c4ccc(-c5ccccc5)cc4)cc23)c1.[Ir]. The van der Waals surface area contributed by atoms with Crippen molar-refractivity contribution in [2.45, 2.75) is 43.9 Å². The third kappa shape index (κ3) is 8.05. The minimum absolute atomic E-state index is 0. The number of pyridine rings is 2. The van der Waals surface area contributed by atoms with E-state index in [2.05, 4.69) is 125 Å². The number of fused-ring (bicyclic) bond motifs is 3. The maximum Gasteiger partial charge on any atom is 0.120 e. The average molecular weight is 917 g/mol. The van der Waals surface area contributed by atoms with Crippen LogP contribution in [0.3, 0.4) is 0 Å². The molecule has 0 spiro atoms. The number of hydrogen-bond acceptors (Lipinski definition) is 3. The van der Waals surface area contributed by atoms with Gasteiger partial charge in [-0.05, 0) is 52.0 Å². The van der Waals surface area contributed by atoms with Crippen LogP contribution in [-0.4, -0.2) is 23.2 Å². The van der Waals surface area contributed by atoms with Crippen molar-refractivity contribution < 1.29 is 25.9 Å². The summed E-state index contributed by atoms with van der Waals surface area (Å²) in [5, 5.41) is 2.10. The summed E-state index contributed by atoms with van der Waals surface area (Å²) < 4.78 is 16.2. The van der Waals surface area contributed by atoms with Gasteiger partial charge in [-0.3, -0.25) is 0 Å². The summed E-state index contributed by atoms with van der Waals surface area (Å²) in [6, 6.07) is 50.0. The molecule has 0 bridgehead atoms. The fourth-order valence-corrected chi connectivity index (χ4v) is 10.1. The first-order valence-corrected chi connectivity index (χ1v) is 24.7. The fourth-order valence-electron chi connectivity index (χ4n) is 6.52. The summed E-state index contributed by atoms with van der Waals surface area (Å²) in [7, 11) is 0. The fraction of sp³-hybridized carbons (Fsp3) is 0.149. The predicted molar refractivity (Wildman–Crippen MR) is 217 cm³/mol. The van der Waals surface area contributed by atoms with Crippen molar-refractivity contribution >= 4 is 39.6 Å². The van der Waals surface area contributed by atoms with E-state index in [0.717, 1.165) is 61.1 Å². The van der Waals surface area contributed by atoms with Crippen LogP contribution in [0.1, 0.15) is 32.2 Å². The minimum atomic E-state index is -1.77. The van der Waals surface area contributed by atoms with E-state index in [-0.39, 0.29) is 20.1 Å². The molecule has 8 aromatic rings. The van der Waals surface area contributed by atoms with Crippen molar-refractivity contribution in [3.63, 3.8) is 0 Å². The number of nitrogens with zero attached hydrogens (tertiary/aromatic N) is 2. The number of rotatable bonds is 6. The van der Waals surface area contributed by atoms with Crippen molar-refractivity contribution in [3.8, 4) is 44.8 Å². The van der Waals surface area contributed by atoms with Crippen molar-refractivity contribution in [2.75, 3.05) is 0 Å². The quantitative estimate of drug-likeness (QED) is 0.123. The van der Waals surface area contributed by atoms with E-state index in [1.165, 1.54) is 21.1 Å². The molecule has 3 heterocycles. The molecular formula is C47H42GeIrN2O-2. The Labute approximate surface area is 325 Å². The standard InChI is InChI=1S/C32H24NO.C15H18GeN.Ir/c1-21(2)25-17-18-33-30(20-25)28-10-6-9-27-29-19-26(15-16-31(29)34-32(27)28)24-13-11-23(12-14-24)22-7-4-3-5-8-22;1-12-10-15(13-8-6-5-7-9-13)17-11-14(12)16(2,3)4;/h3-9,11-21H,1-2H3;5-8,10-11H,1-4H3;/q2*-1;/i21D;;. The second kappa shape index (κ2) is 16.0. The third-order valence-electron chi connectivity index (χ3n) is 9.25. The molecule has 0 aliphatic carbocycles. The van der Waals surface area contributed by atoms with Crippen LogP contribution in [0.2, 0.25) is 17.3 Å². The van der Waals surface area contributed by atoms with Gasteiger partial charge in [0, 0.05) is 33.1 Å². The Balaban J connectivity index is 0.000000226. The molecule has 0 saturated heterocycles. The maximum atomic E-state index is 8.39. The van der Waals surface area contributed by atoms with Crippen LogP contribution in [0.5, 0.6) is 0 Å². The summed E-state index contributed by atoms with van der Waals surface area (Å²) in [5.41, 5.74) is 12.3. The summed E-state index contributed by atoms with van der Waals surface area (Å²) in [6.07, 6.45) is 3.83. The van der Waals surface area contributed by atoms with E-state index in [1.54, 1.807) is 6.20 Å². The molecule has 0 N–H and O–H groups in total. The Morgan fingerprint density at radius 2 is 1.37 bits per heavy atom. The molecule has 5 aromatic carbocycles. The van der Waals surface area contributed by atoms with Crippen LogP contribution in [0, 0.1) is 19.1 Å². The Kier molecular flexibility index (Phi) is 11.0. The molecule has 0 saturated carbocycles. The zero-order chi connectivity index (χ0) is 36.5. The number of furan rings is 1. The second-order valence-electron chi connectivity index (χ2n) is 14.2. The summed E-state index contributed by atoms with van der Waals surface area (Å²) >= 11 is -1.77. The van der Waals surface area contributed by atoms with Crippen LogP contribution >= 0.6 is 0 Å². The van der Waals surface area contributed by atoms with E-state index in [4.69, 9.17) is 5.79 Å². The molecule has 0 amide bonds. The van der Waals surface area contributed by atoms with Crippen molar-refractivity contribution in [3.05, 3.63) is 163 Å². The Hall–Kier alpha value is -4.61. The van der Waals surface area contributed by atoms with Gasteiger partial charge in [-0.1, -0.05) is 97.1 Å². The van der Waals surface area contributed by atoms with Gasteiger partial charge in [-0.15, -0.1) is 18.2 Å². The van der Waals surface area contributed by atoms with Gasteiger partial charge in [0.15, 0.2) is 0 Å². The Bertz CT molecular complexity index is 2480. The van der Waals surface area contributed by atoms with Gasteiger partial charge in [0.25, 0.3) is 0 Å². The second-order valence-corrected chi connectivity index (χ2v) is 24.8. The molecule has 0 aliphatic heterocycles. The first kappa shape index (κ1) is 35.8. The number of aryl methyl sites for hydroxylation is 1. The smallest absolute Gasteiger partial charge is 0.120 e. The molecule has 5 heteroatoms. The normalized spacial score (nSPS) is 11.8. The van der Waals surface area contributed by atoms with Crippen LogP contribution in [-0.2, 0) is 20.1 Å². The zero-order valence-corrected chi connectivity index (χ0v) is 34.9. The molecule has 52 heavy (non-hydrogen) atoms. The van der Waals surface area contributed by atoms with E-state index >= 15 is 0 Å². The topological polar surface area (TPSA) is 38.9 Å². The molecule has 0 fully saturated rings. The van der Waals surface area contributed by atoms with Gasteiger partial charge in [0.1, 0.15) is 5.58 Å². The molecular weight excluding hydrogens is 873 g/mol. The van der Waals surface area contributed by atoms with Crippen molar-refractivity contribution in [1.82, 2.24) is 9.97 Å². The number of hydrogen-bond donors (Lipinski definition) is 0. The number of aromatic nitrogens is 2. The Morgan fingerprint density at radius 3 is 2.04 bits per heavy atom. The van der Waals surface area contributed by atoms with Gasteiger partial charge >= 0.3 is 106 Å². The van der Waals surface area contributed by atoms with Gasteiger partial charge in [0.2, 0.25) is 0 Å². The first-order valence-electron chi connectivity index (χ1n) is 17.9. The van der Waals surface area contributed by atoms with Crippen LogP contribution in [0.4, 0.5) is 0 Å². The number of benzene rings is 5. The predicted octanol–water partition coefficient (Wildman–Crippen LogP) is 12.3. The maximum absolute atomic E-state index is 8.39. The van der Waals surface area contributed by atoms with Crippen LogP contribution in [0.25, 0.3) is 66.7 Å².